The zero-order valence-electron chi connectivity index (χ0n) is 54.3. The van der Waals surface area contributed by atoms with Gasteiger partial charge >= 0.3 is 13.5 Å². The number of aromatic nitrogens is 2. The predicted molar refractivity (Wildman–Crippen MR) is 370 cm³/mol. The highest BCUT2D eigenvalue weighted by Crippen LogP contribution is 2.44. The molecule has 29 heteroatoms. The molecule has 5 atom stereocenters. The molecule has 1 fully saturated rings. The summed E-state index contributed by atoms with van der Waals surface area (Å²) in [6.45, 7) is 17.5. The number of nitrogens with one attached hydrogen (secondary N) is 5. The number of carbonyl (C=O) groups is 4. The van der Waals surface area contributed by atoms with Gasteiger partial charge in [0.25, 0.3) is 17.4 Å². The van der Waals surface area contributed by atoms with Crippen molar-refractivity contribution in [3.63, 3.8) is 0 Å². The zero-order valence-corrected chi connectivity index (χ0v) is 58.5. The Kier molecular flexibility index (Phi) is 28.6. The molecule has 0 radical (unpaired) electrons. The Labute approximate surface area is 562 Å². The number of benzene rings is 4. The van der Waals surface area contributed by atoms with E-state index in [9.17, 15) is 43.1 Å². The van der Waals surface area contributed by atoms with Gasteiger partial charge in [0.1, 0.15) is 59.1 Å². The molecular weight excluding hydrogens is 1310 g/mol. The van der Waals surface area contributed by atoms with E-state index in [0.717, 1.165) is 55.4 Å². The van der Waals surface area contributed by atoms with Gasteiger partial charge in [-0.05, 0) is 100 Å². The van der Waals surface area contributed by atoms with Gasteiger partial charge in [0.15, 0.2) is 0 Å². The lowest BCUT2D eigenvalue weighted by Gasteiger charge is -2.22. The number of aromatic amines is 1. The third kappa shape index (κ3) is 22.5. The summed E-state index contributed by atoms with van der Waals surface area (Å²) in [6.07, 6.45) is 1.09. The van der Waals surface area contributed by atoms with Crippen molar-refractivity contribution in [1.82, 2.24) is 30.4 Å². The molecule has 1 aliphatic carbocycles. The summed E-state index contributed by atoms with van der Waals surface area (Å²) in [4.78, 5) is 106. The molecular formula is C65H83N8O16PS4. The quantitative estimate of drug-likeness (QED) is 0.00506. The molecule has 3 aromatic carbocycles. The SMILES string of the molecule is CCN=c1cc2oc3cc(NCC)c(C)cc3c(-c3ccccc3C(=O)N(C)CCCC(=O)NCCNC(=O)c3cccc(OCC(OCCOCC(=O)NCC#Cc4cn([C@H]5C[C@@H](O[C@@H](C)SSC)[C@@H](COP(=O)(O)O)O5)c(=O)[nH]c4=O)SSC(C)(C)C)c3)c-2cc1C. The number of amides is 4. The first-order chi connectivity index (χ1) is 44.8. The minimum atomic E-state index is -4.84. The molecule has 3 heterocycles. The molecule has 1 aromatic heterocycles. The molecule has 4 amide bonds. The van der Waals surface area contributed by atoms with Gasteiger partial charge in [-0.1, -0.05) is 100 Å². The standard InChI is InChI=1S/C65H83N8O16PS4/c1-11-66-50-33-52-48(30-40(50)3)60(49-31-41(4)51(67-12-2)34-53(49)88-52)46-21-13-14-22-47(46)63(78)72(9)27-17-23-56(74)69-25-26-70-61(76)43-18-15-20-45(32-43)85-39-59(93-94-65(6,7)8)84-29-28-83-38-57(75)68-24-16-19-44-36-73(64(79)71-62(44)77)58-35-54(87-42(5)92-91-10)55(89-58)37-86-90(80,81)82/h13-15,18,20-22,30-34,36,42,54-55,58-59,66H,11-12,17,23-29,35,37-39H2,1-10H3,(H,68,75)(H,69,74)(H,70,76)(H,71,77,79)(H2,80,81,82)/t42-,54-,55-,58-,59?/m1/s1. The van der Waals surface area contributed by atoms with E-state index in [1.807, 2.05) is 63.4 Å². The number of anilines is 1. The lowest BCUT2D eigenvalue weighted by Crippen LogP contribution is -2.35. The lowest BCUT2D eigenvalue weighted by atomic mass is 9.89. The van der Waals surface area contributed by atoms with Crippen LogP contribution in [0.4, 0.5) is 5.69 Å². The van der Waals surface area contributed by atoms with Crippen molar-refractivity contribution < 1.29 is 66.2 Å². The summed E-state index contributed by atoms with van der Waals surface area (Å²) < 4.78 is 53.4. The van der Waals surface area contributed by atoms with Crippen molar-refractivity contribution in [2.45, 2.75) is 109 Å². The number of ether oxygens (including phenoxy) is 5. The van der Waals surface area contributed by atoms with E-state index in [2.05, 4.69) is 82.4 Å². The molecule has 508 valence electrons. The van der Waals surface area contributed by atoms with Gasteiger partial charge < -0.3 is 64.1 Å². The van der Waals surface area contributed by atoms with Crippen LogP contribution in [0.15, 0.2) is 98.0 Å². The molecule has 7 N–H and O–H groups in total. The van der Waals surface area contributed by atoms with Crippen LogP contribution in [0.1, 0.15) is 104 Å². The maximum absolute atomic E-state index is 14.3. The molecule has 0 bridgehead atoms. The Bertz CT molecular complexity index is 3880. The fourth-order valence-corrected chi connectivity index (χ4v) is 13.8. The summed E-state index contributed by atoms with van der Waals surface area (Å²) in [5.74, 6) is 5.19. The van der Waals surface area contributed by atoms with Gasteiger partial charge in [-0.25, -0.2) is 9.36 Å². The fourth-order valence-electron chi connectivity index (χ4n) is 9.90. The predicted octanol–water partition coefficient (Wildman–Crippen LogP) is 8.65. The summed E-state index contributed by atoms with van der Waals surface area (Å²) in [5, 5.41) is 13.5. The number of carbonyl (C=O) groups excluding carboxylic acids is 4. The monoisotopic (exact) mass is 1390 g/mol. The largest absolute Gasteiger partial charge is 0.490 e. The number of phosphoric acid groups is 1. The number of phosphoric ester groups is 1. The Morgan fingerprint density at radius 3 is 2.47 bits per heavy atom. The highest BCUT2D eigenvalue weighted by Gasteiger charge is 2.40. The van der Waals surface area contributed by atoms with Gasteiger partial charge in [0.05, 0.1) is 37.8 Å². The Morgan fingerprint density at radius 2 is 1.72 bits per heavy atom. The third-order valence-corrected chi connectivity index (χ3v) is 20.2. The maximum atomic E-state index is 14.3. The van der Waals surface area contributed by atoms with Crippen LogP contribution < -0.4 is 42.6 Å². The smallest absolute Gasteiger partial charge is 0.469 e. The first-order valence-corrected chi connectivity index (χ1v) is 37.0. The van der Waals surface area contributed by atoms with E-state index < -0.39 is 55.5 Å². The van der Waals surface area contributed by atoms with Crippen molar-refractivity contribution in [2.24, 2.45) is 4.99 Å². The van der Waals surface area contributed by atoms with Crippen LogP contribution in [0.25, 0.3) is 33.4 Å². The number of rotatable bonds is 33. The second-order valence-electron chi connectivity index (χ2n) is 22.7. The second kappa shape index (κ2) is 36.0. The van der Waals surface area contributed by atoms with Gasteiger partial charge in [-0.3, -0.25) is 43.0 Å². The highest BCUT2D eigenvalue weighted by atomic mass is 33.1. The Morgan fingerprint density at radius 1 is 0.947 bits per heavy atom. The fraction of sp³-hybridized carbons (Fsp3) is 0.462. The molecule has 1 saturated heterocycles. The number of hydrogen-bond donors (Lipinski definition) is 7. The van der Waals surface area contributed by atoms with Crippen molar-refractivity contribution >= 4 is 91.3 Å². The lowest BCUT2D eigenvalue weighted by molar-refractivity contribution is -0.126. The molecule has 94 heavy (non-hydrogen) atoms. The number of fused-ring (bicyclic) bond motifs is 2. The van der Waals surface area contributed by atoms with E-state index in [-0.39, 0.29) is 92.4 Å². The summed E-state index contributed by atoms with van der Waals surface area (Å²) in [5.41, 5.74) is 4.62. The first kappa shape index (κ1) is 74.8. The summed E-state index contributed by atoms with van der Waals surface area (Å²) in [6, 6.07) is 22.5. The second-order valence-corrected chi connectivity index (χ2v) is 29.9. The summed E-state index contributed by atoms with van der Waals surface area (Å²) >= 11 is 0. The Balaban J connectivity index is 0.829. The molecule has 0 saturated carbocycles. The molecule has 7 rings (SSSR count). The topological polar surface area (TPSA) is 313 Å². The third-order valence-electron chi connectivity index (χ3n) is 14.2. The normalized spacial score (nSPS) is 15.7. The van der Waals surface area contributed by atoms with E-state index in [0.29, 0.717) is 47.7 Å². The van der Waals surface area contributed by atoms with E-state index >= 15 is 0 Å². The summed E-state index contributed by atoms with van der Waals surface area (Å²) in [7, 11) is 2.84. The zero-order chi connectivity index (χ0) is 68.1. The van der Waals surface area contributed by atoms with Gasteiger partial charge in [-0.15, -0.1) is 0 Å². The van der Waals surface area contributed by atoms with Crippen LogP contribution in [0, 0.1) is 25.7 Å². The van der Waals surface area contributed by atoms with Crippen molar-refractivity contribution in [3.05, 3.63) is 133 Å². The van der Waals surface area contributed by atoms with Crippen molar-refractivity contribution in [3.8, 4) is 40.0 Å². The number of aryl methyl sites for hydroxylation is 2. The van der Waals surface area contributed by atoms with Crippen LogP contribution in [0.2, 0.25) is 0 Å². The molecule has 4 aromatic rings. The molecule has 0 spiro atoms. The van der Waals surface area contributed by atoms with Crippen LogP contribution in [-0.2, 0) is 37.6 Å². The van der Waals surface area contributed by atoms with E-state index in [4.69, 9.17) is 33.1 Å². The number of H-pyrrole nitrogens is 1. The van der Waals surface area contributed by atoms with Crippen molar-refractivity contribution in [2.75, 3.05) is 90.9 Å². The number of nitrogens with zero attached hydrogens (tertiary/aromatic N) is 3. The first-order valence-electron chi connectivity index (χ1n) is 30.6. The minimum Gasteiger partial charge on any atom is -0.490 e. The van der Waals surface area contributed by atoms with E-state index in [1.165, 1.54) is 38.6 Å². The highest BCUT2D eigenvalue weighted by molar-refractivity contribution is 8.77. The Hall–Kier alpha value is -6.58. The average Bonchev–Trinajstić information content (AvgIpc) is 0.897. The average molecular weight is 1390 g/mol. The van der Waals surface area contributed by atoms with Crippen LogP contribution in [0.3, 0.4) is 0 Å². The minimum absolute atomic E-state index is 0.0632. The molecule has 3 aliphatic rings. The van der Waals surface area contributed by atoms with Gasteiger partial charge in [0, 0.05) is 109 Å². The number of hydrogen-bond acceptors (Lipinski definition) is 20. The van der Waals surface area contributed by atoms with Crippen molar-refractivity contribution in [1.29, 1.82) is 0 Å². The van der Waals surface area contributed by atoms with Gasteiger partial charge in [-0.2, -0.15) is 0 Å². The van der Waals surface area contributed by atoms with Crippen LogP contribution in [0.5, 0.6) is 5.75 Å². The molecule has 1 unspecified atom stereocenters. The molecule has 2 aliphatic heterocycles. The van der Waals surface area contributed by atoms with Gasteiger partial charge in [0.2, 0.25) is 11.8 Å². The van der Waals surface area contributed by atoms with E-state index in [1.54, 1.807) is 53.9 Å². The van der Waals surface area contributed by atoms with Crippen LogP contribution in [-0.4, -0.2) is 161 Å². The van der Waals surface area contributed by atoms with Crippen LogP contribution >= 0.6 is 51.0 Å². The molecule has 24 nitrogen and oxygen atoms in total. The maximum Gasteiger partial charge on any atom is 0.469 e.